The molecule has 3 amide bonds. The molecule has 31 heavy (non-hydrogen) atoms. The molecule has 2 aromatic carbocycles. The van der Waals surface area contributed by atoms with Crippen molar-refractivity contribution >= 4 is 29.1 Å². The lowest BCUT2D eigenvalue weighted by Crippen LogP contribution is -2.34. The third-order valence-electron chi connectivity index (χ3n) is 5.36. The molecule has 0 atom stereocenters. The highest BCUT2D eigenvalue weighted by molar-refractivity contribution is 5.95. The second kappa shape index (κ2) is 11.2. The molecule has 0 saturated heterocycles. The Morgan fingerprint density at radius 1 is 0.903 bits per heavy atom. The Labute approximate surface area is 181 Å². The van der Waals surface area contributed by atoms with Crippen LogP contribution in [0.3, 0.4) is 0 Å². The predicted octanol–water partition coefficient (Wildman–Crippen LogP) is 4.03. The SMILES string of the molecule is O=C(CCNC(=O)C1CCCCC1)Nc1ccc(F)c(NC(=O)Cc2ccccc2)c1. The molecule has 0 unspecified atom stereocenters. The summed E-state index contributed by atoms with van der Waals surface area (Å²) in [6.07, 6.45) is 5.39. The van der Waals surface area contributed by atoms with E-state index in [4.69, 9.17) is 0 Å². The lowest BCUT2D eigenvalue weighted by atomic mass is 9.89. The average molecular weight is 426 g/mol. The molecule has 3 rings (SSSR count). The highest BCUT2D eigenvalue weighted by Gasteiger charge is 2.20. The Morgan fingerprint density at radius 3 is 2.39 bits per heavy atom. The molecule has 7 heteroatoms. The van der Waals surface area contributed by atoms with Crippen molar-refractivity contribution in [3.05, 3.63) is 59.9 Å². The summed E-state index contributed by atoms with van der Waals surface area (Å²) in [5, 5.41) is 8.04. The minimum atomic E-state index is -0.584. The molecular weight excluding hydrogens is 397 g/mol. The van der Waals surface area contributed by atoms with Crippen molar-refractivity contribution in [1.82, 2.24) is 5.32 Å². The molecule has 6 nitrogen and oxygen atoms in total. The fraction of sp³-hybridized carbons (Fsp3) is 0.375. The summed E-state index contributed by atoms with van der Waals surface area (Å²) in [7, 11) is 0. The van der Waals surface area contributed by atoms with Crippen LogP contribution in [0.1, 0.15) is 44.1 Å². The third kappa shape index (κ3) is 7.20. The summed E-state index contributed by atoms with van der Waals surface area (Å²) in [6.45, 7) is 0.253. The molecule has 0 aliphatic heterocycles. The molecule has 1 aliphatic rings. The number of hydrogen-bond acceptors (Lipinski definition) is 3. The number of anilines is 2. The Balaban J connectivity index is 1.47. The standard InChI is InChI=1S/C24H28FN3O3/c25-20-12-11-19(16-21(20)28-23(30)15-17-7-3-1-4-8-17)27-22(29)13-14-26-24(31)18-9-5-2-6-10-18/h1,3-4,7-8,11-12,16,18H,2,5-6,9-10,13-15H2,(H,26,31)(H,27,29)(H,28,30). The van der Waals surface area contributed by atoms with Crippen LogP contribution in [0.4, 0.5) is 15.8 Å². The predicted molar refractivity (Wildman–Crippen MR) is 118 cm³/mol. The van der Waals surface area contributed by atoms with Gasteiger partial charge in [-0.15, -0.1) is 0 Å². The van der Waals surface area contributed by atoms with Gasteiger partial charge >= 0.3 is 0 Å². The van der Waals surface area contributed by atoms with Gasteiger partial charge in [0.25, 0.3) is 0 Å². The quantitative estimate of drug-likeness (QED) is 0.597. The second-order valence-corrected chi connectivity index (χ2v) is 7.83. The highest BCUT2D eigenvalue weighted by atomic mass is 19.1. The van der Waals surface area contributed by atoms with Crippen LogP contribution in [0.15, 0.2) is 48.5 Å². The lowest BCUT2D eigenvalue weighted by Gasteiger charge is -2.20. The molecule has 164 valence electrons. The minimum absolute atomic E-state index is 0.00401. The normalized spacial score (nSPS) is 14.0. The van der Waals surface area contributed by atoms with Crippen molar-refractivity contribution < 1.29 is 18.8 Å². The van der Waals surface area contributed by atoms with Gasteiger partial charge in [-0.05, 0) is 36.6 Å². The molecule has 1 fully saturated rings. The molecule has 0 bridgehead atoms. The zero-order valence-corrected chi connectivity index (χ0v) is 17.5. The van der Waals surface area contributed by atoms with Gasteiger partial charge in [0.1, 0.15) is 5.82 Å². The van der Waals surface area contributed by atoms with Gasteiger partial charge in [-0.25, -0.2) is 4.39 Å². The summed E-state index contributed by atoms with van der Waals surface area (Å²) >= 11 is 0. The maximum absolute atomic E-state index is 14.1. The molecule has 0 spiro atoms. The number of carbonyl (C=O) groups is 3. The largest absolute Gasteiger partial charge is 0.355 e. The van der Waals surface area contributed by atoms with Crippen molar-refractivity contribution in [1.29, 1.82) is 0 Å². The smallest absolute Gasteiger partial charge is 0.228 e. The second-order valence-electron chi connectivity index (χ2n) is 7.83. The van der Waals surface area contributed by atoms with Gasteiger partial charge in [-0.2, -0.15) is 0 Å². The summed E-state index contributed by atoms with van der Waals surface area (Å²) in [4.78, 5) is 36.5. The van der Waals surface area contributed by atoms with Crippen LogP contribution in [0, 0.1) is 11.7 Å². The van der Waals surface area contributed by atoms with Gasteiger partial charge in [-0.1, -0.05) is 49.6 Å². The van der Waals surface area contributed by atoms with E-state index in [0.29, 0.717) is 5.69 Å². The van der Waals surface area contributed by atoms with E-state index >= 15 is 0 Å². The monoisotopic (exact) mass is 425 g/mol. The molecule has 0 radical (unpaired) electrons. The first-order chi connectivity index (χ1) is 15.0. The number of carbonyl (C=O) groups excluding carboxylic acids is 3. The number of hydrogen-bond donors (Lipinski definition) is 3. The van der Waals surface area contributed by atoms with Crippen LogP contribution in [-0.2, 0) is 20.8 Å². The van der Waals surface area contributed by atoms with E-state index in [9.17, 15) is 18.8 Å². The van der Waals surface area contributed by atoms with Crippen molar-refractivity contribution in [3.8, 4) is 0 Å². The van der Waals surface area contributed by atoms with Gasteiger partial charge in [0.2, 0.25) is 17.7 Å². The number of halogens is 1. The summed E-state index contributed by atoms with van der Waals surface area (Å²) < 4.78 is 14.1. The van der Waals surface area contributed by atoms with Crippen LogP contribution in [-0.4, -0.2) is 24.3 Å². The van der Waals surface area contributed by atoms with E-state index in [1.54, 1.807) is 0 Å². The van der Waals surface area contributed by atoms with E-state index in [0.717, 1.165) is 31.2 Å². The van der Waals surface area contributed by atoms with Crippen molar-refractivity contribution in [2.45, 2.75) is 44.9 Å². The van der Waals surface area contributed by atoms with Crippen molar-refractivity contribution in [3.63, 3.8) is 0 Å². The van der Waals surface area contributed by atoms with Gasteiger partial charge in [0.05, 0.1) is 12.1 Å². The number of benzene rings is 2. The van der Waals surface area contributed by atoms with E-state index in [1.807, 2.05) is 30.3 Å². The fourth-order valence-corrected chi connectivity index (χ4v) is 3.71. The Hall–Kier alpha value is -3.22. The minimum Gasteiger partial charge on any atom is -0.355 e. The van der Waals surface area contributed by atoms with Crippen molar-refractivity contribution in [2.75, 3.05) is 17.2 Å². The molecule has 3 N–H and O–H groups in total. The maximum Gasteiger partial charge on any atom is 0.228 e. The van der Waals surface area contributed by atoms with E-state index < -0.39 is 5.82 Å². The zero-order valence-electron chi connectivity index (χ0n) is 17.5. The third-order valence-corrected chi connectivity index (χ3v) is 5.36. The summed E-state index contributed by atoms with van der Waals surface area (Å²) in [5.74, 6) is -1.16. The van der Waals surface area contributed by atoms with Crippen LogP contribution < -0.4 is 16.0 Å². The van der Waals surface area contributed by atoms with Crippen molar-refractivity contribution in [2.24, 2.45) is 5.92 Å². The number of rotatable bonds is 8. The molecule has 1 aliphatic carbocycles. The highest BCUT2D eigenvalue weighted by Crippen LogP contribution is 2.23. The van der Waals surface area contributed by atoms with Crippen LogP contribution >= 0.6 is 0 Å². The van der Waals surface area contributed by atoms with E-state index in [2.05, 4.69) is 16.0 Å². The lowest BCUT2D eigenvalue weighted by molar-refractivity contribution is -0.126. The summed E-state index contributed by atoms with van der Waals surface area (Å²) in [5.41, 5.74) is 1.20. The number of amides is 3. The van der Waals surface area contributed by atoms with Crippen LogP contribution in [0.25, 0.3) is 0 Å². The topological polar surface area (TPSA) is 87.3 Å². The molecular formula is C24H28FN3O3. The maximum atomic E-state index is 14.1. The van der Waals surface area contributed by atoms with Crippen LogP contribution in [0.2, 0.25) is 0 Å². The van der Waals surface area contributed by atoms with Gasteiger partial charge in [0, 0.05) is 24.6 Å². The van der Waals surface area contributed by atoms with Gasteiger partial charge < -0.3 is 16.0 Å². The Bertz CT molecular complexity index is 912. The van der Waals surface area contributed by atoms with Gasteiger partial charge in [-0.3, -0.25) is 14.4 Å². The Morgan fingerprint density at radius 2 is 1.65 bits per heavy atom. The molecule has 0 aromatic heterocycles. The van der Waals surface area contributed by atoms with Gasteiger partial charge in [0.15, 0.2) is 0 Å². The fourth-order valence-electron chi connectivity index (χ4n) is 3.71. The first-order valence-electron chi connectivity index (χ1n) is 10.7. The zero-order chi connectivity index (χ0) is 22.1. The van der Waals surface area contributed by atoms with E-state index in [1.165, 1.54) is 24.6 Å². The first kappa shape index (κ1) is 22.5. The summed E-state index contributed by atoms with van der Waals surface area (Å²) in [6, 6.07) is 13.2. The average Bonchev–Trinajstić information content (AvgIpc) is 2.77. The number of nitrogens with one attached hydrogen (secondary N) is 3. The van der Waals surface area contributed by atoms with E-state index in [-0.39, 0.29) is 48.7 Å². The Kier molecular flexibility index (Phi) is 8.15. The molecule has 0 heterocycles. The first-order valence-corrected chi connectivity index (χ1v) is 10.7. The van der Waals surface area contributed by atoms with Crippen LogP contribution in [0.5, 0.6) is 0 Å². The molecule has 1 saturated carbocycles. The molecule has 2 aromatic rings.